The Balaban J connectivity index is 1.62. The van der Waals surface area contributed by atoms with E-state index < -0.39 is 10.0 Å². The summed E-state index contributed by atoms with van der Waals surface area (Å²) in [5.74, 6) is 1.40. The van der Waals surface area contributed by atoms with Gasteiger partial charge in [0.25, 0.3) is 15.9 Å². The van der Waals surface area contributed by atoms with Gasteiger partial charge in [-0.25, -0.2) is 8.42 Å². The van der Waals surface area contributed by atoms with Gasteiger partial charge in [-0.15, -0.1) is 0 Å². The number of amides is 1. The van der Waals surface area contributed by atoms with Crippen LogP contribution < -0.4 is 23.8 Å². The summed E-state index contributed by atoms with van der Waals surface area (Å²) in [5, 5.41) is 2.93. The highest BCUT2D eigenvalue weighted by Crippen LogP contribution is 2.30. The molecule has 9 heteroatoms. The molecule has 0 fully saturated rings. The molecule has 8 nitrogen and oxygen atoms in total. The molecule has 0 radical (unpaired) electrons. The average molecular weight is 561 g/mol. The zero-order valence-electron chi connectivity index (χ0n) is 22.7. The Bertz CT molecular complexity index is 1540. The second-order valence-corrected chi connectivity index (χ2v) is 10.7. The first-order chi connectivity index (χ1) is 19.4. The van der Waals surface area contributed by atoms with Crippen LogP contribution in [0.1, 0.15) is 21.5 Å². The van der Waals surface area contributed by atoms with Crippen molar-refractivity contribution in [2.75, 3.05) is 32.2 Å². The number of nitrogens with zero attached hydrogens (tertiary/aromatic N) is 1. The number of methoxy groups -OCH3 is 3. The topological polar surface area (TPSA) is 94.2 Å². The number of sulfonamides is 1. The predicted octanol–water partition coefficient (Wildman–Crippen LogP) is 5.08. The average Bonchev–Trinajstić information content (AvgIpc) is 3.00. The molecular formula is C31H32N2O6S. The maximum atomic E-state index is 14.0. The molecule has 0 bridgehead atoms. The van der Waals surface area contributed by atoms with Gasteiger partial charge in [0.05, 0.1) is 44.0 Å². The Labute approximate surface area is 235 Å². The van der Waals surface area contributed by atoms with Gasteiger partial charge in [-0.3, -0.25) is 9.10 Å². The summed E-state index contributed by atoms with van der Waals surface area (Å²) < 4.78 is 45.0. The van der Waals surface area contributed by atoms with E-state index >= 15 is 0 Å². The standard InChI is InChI=1S/C31H32N2O6S/c1-37-25-14-16-26(17-15-25)40(35,36)33(22-24-9-5-4-6-10-24)28-12-8-7-11-27(28)31(34)32-20-19-23-13-18-29(38-2)30(21-23)39-3/h4-18,21H,19-20,22H2,1-3H3,(H,32,34). The van der Waals surface area contributed by atoms with E-state index in [9.17, 15) is 13.2 Å². The van der Waals surface area contributed by atoms with E-state index in [2.05, 4.69) is 5.32 Å². The highest BCUT2D eigenvalue weighted by atomic mass is 32.2. The van der Waals surface area contributed by atoms with Crippen LogP contribution in [0.5, 0.6) is 17.2 Å². The van der Waals surface area contributed by atoms with Crippen LogP contribution in [0.4, 0.5) is 5.69 Å². The summed E-state index contributed by atoms with van der Waals surface area (Å²) in [6, 6.07) is 27.7. The van der Waals surface area contributed by atoms with Crippen molar-refractivity contribution >= 4 is 21.6 Å². The molecule has 4 rings (SSSR count). The lowest BCUT2D eigenvalue weighted by Gasteiger charge is -2.26. The van der Waals surface area contributed by atoms with Crippen LogP contribution in [-0.4, -0.2) is 42.2 Å². The normalized spacial score (nSPS) is 11.0. The second-order valence-electron chi connectivity index (χ2n) is 8.89. The van der Waals surface area contributed by atoms with Crippen LogP contribution in [0.2, 0.25) is 0 Å². The van der Waals surface area contributed by atoms with Crippen LogP contribution in [0.25, 0.3) is 0 Å². The van der Waals surface area contributed by atoms with E-state index in [1.54, 1.807) is 50.6 Å². The van der Waals surface area contributed by atoms with Gasteiger partial charge in [0.1, 0.15) is 5.75 Å². The third-order valence-corrected chi connectivity index (χ3v) is 8.15. The van der Waals surface area contributed by atoms with E-state index in [0.717, 1.165) is 11.1 Å². The van der Waals surface area contributed by atoms with Gasteiger partial charge >= 0.3 is 0 Å². The number of hydrogen-bond donors (Lipinski definition) is 1. The number of hydrogen-bond acceptors (Lipinski definition) is 6. The Hall–Kier alpha value is -4.50. The second kappa shape index (κ2) is 13.0. The first kappa shape index (κ1) is 28.5. The van der Waals surface area contributed by atoms with Gasteiger partial charge < -0.3 is 19.5 Å². The van der Waals surface area contributed by atoms with Gasteiger partial charge in [0.2, 0.25) is 0 Å². The van der Waals surface area contributed by atoms with Gasteiger partial charge in [-0.2, -0.15) is 0 Å². The number of carbonyl (C=O) groups is 1. The minimum atomic E-state index is -4.04. The van der Waals surface area contributed by atoms with Crippen molar-refractivity contribution in [3.63, 3.8) is 0 Å². The number of ether oxygens (including phenoxy) is 3. The zero-order valence-corrected chi connectivity index (χ0v) is 23.5. The Kier molecular flexibility index (Phi) is 9.29. The Morgan fingerprint density at radius 2 is 1.43 bits per heavy atom. The Morgan fingerprint density at radius 3 is 2.10 bits per heavy atom. The summed E-state index contributed by atoms with van der Waals surface area (Å²) in [6.07, 6.45) is 0.548. The number of carbonyl (C=O) groups excluding carboxylic acids is 1. The molecular weight excluding hydrogens is 528 g/mol. The minimum Gasteiger partial charge on any atom is -0.497 e. The molecule has 0 aliphatic heterocycles. The molecule has 0 aliphatic carbocycles. The van der Waals surface area contributed by atoms with Crippen molar-refractivity contribution in [2.45, 2.75) is 17.9 Å². The number of benzene rings is 4. The van der Waals surface area contributed by atoms with Gasteiger partial charge in [0, 0.05) is 6.54 Å². The molecule has 0 saturated carbocycles. The molecule has 0 saturated heterocycles. The van der Waals surface area contributed by atoms with Crippen LogP contribution in [0.3, 0.4) is 0 Å². The van der Waals surface area contributed by atoms with Gasteiger partial charge in [0.15, 0.2) is 11.5 Å². The van der Waals surface area contributed by atoms with E-state index in [0.29, 0.717) is 30.2 Å². The van der Waals surface area contributed by atoms with Crippen LogP contribution >= 0.6 is 0 Å². The molecule has 1 N–H and O–H groups in total. The van der Waals surface area contributed by atoms with Crippen molar-refractivity contribution in [1.82, 2.24) is 5.32 Å². The number of nitrogens with one attached hydrogen (secondary N) is 1. The van der Waals surface area contributed by atoms with Crippen molar-refractivity contribution in [3.05, 3.63) is 114 Å². The van der Waals surface area contributed by atoms with E-state index in [4.69, 9.17) is 14.2 Å². The zero-order chi connectivity index (χ0) is 28.5. The fourth-order valence-electron chi connectivity index (χ4n) is 4.26. The summed E-state index contributed by atoms with van der Waals surface area (Å²) in [4.78, 5) is 13.5. The number of rotatable bonds is 12. The van der Waals surface area contributed by atoms with Crippen molar-refractivity contribution < 1.29 is 27.4 Å². The van der Waals surface area contributed by atoms with Crippen molar-refractivity contribution in [1.29, 1.82) is 0 Å². The number of para-hydroxylation sites is 1. The SMILES string of the molecule is COc1ccc(S(=O)(=O)N(Cc2ccccc2)c2ccccc2C(=O)NCCc2ccc(OC)c(OC)c2)cc1. The van der Waals surface area contributed by atoms with Crippen molar-refractivity contribution in [2.24, 2.45) is 0 Å². The first-order valence-electron chi connectivity index (χ1n) is 12.7. The summed E-state index contributed by atoms with van der Waals surface area (Å²) in [5.41, 5.74) is 2.27. The molecule has 40 heavy (non-hydrogen) atoms. The quantitative estimate of drug-likeness (QED) is 0.260. The molecule has 0 unspecified atom stereocenters. The summed E-state index contributed by atoms with van der Waals surface area (Å²) in [6.45, 7) is 0.387. The molecule has 1 amide bonds. The maximum absolute atomic E-state index is 14.0. The van der Waals surface area contributed by atoms with Crippen LogP contribution in [-0.2, 0) is 23.0 Å². The molecule has 208 valence electrons. The van der Waals surface area contributed by atoms with Crippen LogP contribution in [0, 0.1) is 0 Å². The van der Waals surface area contributed by atoms with E-state index in [-0.39, 0.29) is 28.6 Å². The molecule has 0 aromatic heterocycles. The maximum Gasteiger partial charge on any atom is 0.264 e. The third-order valence-electron chi connectivity index (χ3n) is 6.38. The van der Waals surface area contributed by atoms with Crippen LogP contribution in [0.15, 0.2) is 102 Å². The monoisotopic (exact) mass is 560 g/mol. The molecule has 0 heterocycles. The first-order valence-corrected chi connectivity index (χ1v) is 14.1. The summed E-state index contributed by atoms with van der Waals surface area (Å²) >= 11 is 0. The number of anilines is 1. The summed E-state index contributed by atoms with van der Waals surface area (Å²) in [7, 11) is 0.625. The lowest BCUT2D eigenvalue weighted by atomic mass is 10.1. The Morgan fingerprint density at radius 1 is 0.750 bits per heavy atom. The smallest absolute Gasteiger partial charge is 0.264 e. The highest BCUT2D eigenvalue weighted by molar-refractivity contribution is 7.92. The largest absolute Gasteiger partial charge is 0.497 e. The molecule has 0 spiro atoms. The predicted molar refractivity (Wildman–Crippen MR) is 155 cm³/mol. The molecule has 0 atom stereocenters. The van der Waals surface area contributed by atoms with Crippen molar-refractivity contribution in [3.8, 4) is 17.2 Å². The van der Waals surface area contributed by atoms with Gasteiger partial charge in [-0.1, -0.05) is 48.5 Å². The fourth-order valence-corrected chi connectivity index (χ4v) is 5.73. The molecule has 4 aromatic rings. The molecule has 4 aromatic carbocycles. The minimum absolute atomic E-state index is 0.0468. The van der Waals surface area contributed by atoms with Gasteiger partial charge in [-0.05, 0) is 66.1 Å². The van der Waals surface area contributed by atoms with E-state index in [1.165, 1.54) is 23.5 Å². The lowest BCUT2D eigenvalue weighted by molar-refractivity contribution is 0.0954. The fraction of sp³-hybridized carbons (Fsp3) is 0.194. The third kappa shape index (κ3) is 6.55. The molecule has 0 aliphatic rings. The van der Waals surface area contributed by atoms with E-state index in [1.807, 2.05) is 48.5 Å². The lowest BCUT2D eigenvalue weighted by Crippen LogP contribution is -2.34. The highest BCUT2D eigenvalue weighted by Gasteiger charge is 2.28.